The first-order valence-corrected chi connectivity index (χ1v) is 10.5. The Morgan fingerprint density at radius 3 is 2.31 bits per heavy atom. The van der Waals surface area contributed by atoms with Crippen LogP contribution < -0.4 is 9.47 Å². The number of methoxy groups -OCH3 is 2. The van der Waals surface area contributed by atoms with Crippen molar-refractivity contribution in [3.8, 4) is 39.8 Å². The molecule has 0 saturated carbocycles. The molecule has 0 aliphatic rings. The van der Waals surface area contributed by atoms with Crippen molar-refractivity contribution < 1.29 is 19.0 Å². The summed E-state index contributed by atoms with van der Waals surface area (Å²) in [6.45, 7) is 4.14. The van der Waals surface area contributed by atoms with Crippen molar-refractivity contribution >= 4 is 5.97 Å². The lowest BCUT2D eigenvalue weighted by atomic mass is 9.91. The van der Waals surface area contributed by atoms with Gasteiger partial charge in [-0.1, -0.05) is 24.3 Å². The van der Waals surface area contributed by atoms with E-state index < -0.39 is 0 Å². The monoisotopic (exact) mass is 429 g/mol. The van der Waals surface area contributed by atoms with Gasteiger partial charge in [-0.3, -0.25) is 4.79 Å². The first-order valence-electron chi connectivity index (χ1n) is 10.5. The minimum atomic E-state index is -0.232. The summed E-state index contributed by atoms with van der Waals surface area (Å²) in [5.74, 6) is 1.30. The molecule has 0 N–H and O–H groups in total. The van der Waals surface area contributed by atoms with Gasteiger partial charge in [0.25, 0.3) is 0 Å². The highest BCUT2D eigenvalue weighted by Crippen LogP contribution is 2.34. The maximum absolute atomic E-state index is 11.9. The maximum Gasteiger partial charge on any atom is 0.306 e. The summed E-state index contributed by atoms with van der Waals surface area (Å²) >= 11 is 0. The number of nitriles is 1. The van der Waals surface area contributed by atoms with E-state index in [2.05, 4.69) is 6.07 Å². The molecule has 0 aliphatic heterocycles. The molecule has 3 aromatic carbocycles. The maximum atomic E-state index is 11.9. The SMILES string of the molecule is CCOC(=O)CCc1cc(OC)ccc1-c1ccc(-c2ccc(OC)c(C)c2)c(C#N)c1. The Morgan fingerprint density at radius 2 is 1.66 bits per heavy atom. The highest BCUT2D eigenvalue weighted by Gasteiger charge is 2.13. The van der Waals surface area contributed by atoms with E-state index in [1.54, 1.807) is 21.1 Å². The molecule has 0 saturated heterocycles. The van der Waals surface area contributed by atoms with E-state index in [9.17, 15) is 10.1 Å². The molecule has 0 atom stereocenters. The molecule has 32 heavy (non-hydrogen) atoms. The third-order valence-electron chi connectivity index (χ3n) is 5.37. The predicted octanol–water partition coefficient (Wildman–Crippen LogP) is 5.71. The van der Waals surface area contributed by atoms with Gasteiger partial charge in [-0.05, 0) is 84.0 Å². The zero-order valence-corrected chi connectivity index (χ0v) is 18.9. The minimum Gasteiger partial charge on any atom is -0.497 e. The average molecular weight is 430 g/mol. The summed E-state index contributed by atoms with van der Waals surface area (Å²) in [4.78, 5) is 11.9. The van der Waals surface area contributed by atoms with Crippen molar-refractivity contribution in [2.75, 3.05) is 20.8 Å². The van der Waals surface area contributed by atoms with Gasteiger partial charge in [0.15, 0.2) is 0 Å². The molecule has 5 heteroatoms. The number of benzene rings is 3. The highest BCUT2D eigenvalue weighted by atomic mass is 16.5. The van der Waals surface area contributed by atoms with Crippen LogP contribution >= 0.6 is 0 Å². The van der Waals surface area contributed by atoms with E-state index >= 15 is 0 Å². The minimum absolute atomic E-state index is 0.232. The van der Waals surface area contributed by atoms with Gasteiger partial charge in [0, 0.05) is 6.42 Å². The average Bonchev–Trinajstić information content (AvgIpc) is 2.82. The Bertz CT molecular complexity index is 1160. The largest absolute Gasteiger partial charge is 0.497 e. The fourth-order valence-corrected chi connectivity index (χ4v) is 3.76. The fraction of sp³-hybridized carbons (Fsp3) is 0.259. The number of hydrogen-bond acceptors (Lipinski definition) is 5. The standard InChI is InChI=1S/C27H27NO4/c1-5-32-27(29)13-8-21-16-23(30-3)9-11-24(21)20-6-10-25(22(15-20)17-28)19-7-12-26(31-4)18(2)14-19/h6-7,9-12,14-16H,5,8,13H2,1-4H3. The van der Waals surface area contributed by atoms with Crippen LogP contribution in [-0.4, -0.2) is 26.8 Å². The van der Waals surface area contributed by atoms with E-state index in [-0.39, 0.29) is 12.4 Å². The molecule has 0 aromatic heterocycles. The molecule has 3 aromatic rings. The third-order valence-corrected chi connectivity index (χ3v) is 5.37. The van der Waals surface area contributed by atoms with Gasteiger partial charge < -0.3 is 14.2 Å². The Morgan fingerprint density at radius 1 is 0.938 bits per heavy atom. The van der Waals surface area contributed by atoms with Crippen molar-refractivity contribution in [3.05, 3.63) is 71.3 Å². The van der Waals surface area contributed by atoms with E-state index in [0.29, 0.717) is 18.6 Å². The van der Waals surface area contributed by atoms with E-state index in [0.717, 1.165) is 44.9 Å². The van der Waals surface area contributed by atoms with Crippen LogP contribution in [0.15, 0.2) is 54.6 Å². The number of hydrogen-bond donors (Lipinski definition) is 0. The zero-order chi connectivity index (χ0) is 23.1. The molecule has 0 amide bonds. The molecule has 164 valence electrons. The van der Waals surface area contributed by atoms with Crippen molar-refractivity contribution in [1.82, 2.24) is 0 Å². The molecule has 0 fully saturated rings. The zero-order valence-electron chi connectivity index (χ0n) is 18.9. The van der Waals surface area contributed by atoms with Crippen LogP contribution in [0.2, 0.25) is 0 Å². The molecule has 0 radical (unpaired) electrons. The fourth-order valence-electron chi connectivity index (χ4n) is 3.76. The van der Waals surface area contributed by atoms with E-state index in [1.807, 2.05) is 61.5 Å². The number of aryl methyl sites for hydroxylation is 2. The van der Waals surface area contributed by atoms with Gasteiger partial charge in [-0.2, -0.15) is 5.26 Å². The van der Waals surface area contributed by atoms with Gasteiger partial charge >= 0.3 is 5.97 Å². The van der Waals surface area contributed by atoms with Gasteiger partial charge in [0.2, 0.25) is 0 Å². The molecular formula is C27H27NO4. The van der Waals surface area contributed by atoms with Gasteiger partial charge in [-0.25, -0.2) is 0 Å². The lowest BCUT2D eigenvalue weighted by Crippen LogP contribution is -2.06. The summed E-state index contributed by atoms with van der Waals surface area (Å²) in [7, 11) is 3.26. The molecular weight excluding hydrogens is 402 g/mol. The van der Waals surface area contributed by atoms with Crippen LogP contribution in [0.5, 0.6) is 11.5 Å². The van der Waals surface area contributed by atoms with Crippen molar-refractivity contribution in [2.45, 2.75) is 26.7 Å². The molecule has 5 nitrogen and oxygen atoms in total. The number of rotatable bonds is 8. The number of carbonyl (C=O) groups excluding carboxylic acids is 1. The normalized spacial score (nSPS) is 10.3. The Balaban J connectivity index is 2.00. The first-order chi connectivity index (χ1) is 15.5. The molecule has 0 heterocycles. The number of ether oxygens (including phenoxy) is 3. The molecule has 0 unspecified atom stereocenters. The van der Waals surface area contributed by atoms with Gasteiger partial charge in [0.05, 0.1) is 32.5 Å². The summed E-state index contributed by atoms with van der Waals surface area (Å²) in [5.41, 5.74) is 6.26. The lowest BCUT2D eigenvalue weighted by molar-refractivity contribution is -0.143. The summed E-state index contributed by atoms with van der Waals surface area (Å²) in [6.07, 6.45) is 0.801. The van der Waals surface area contributed by atoms with Crippen LogP contribution in [0.4, 0.5) is 0 Å². The Kier molecular flexibility index (Phi) is 7.51. The molecule has 0 bridgehead atoms. The second-order valence-corrected chi connectivity index (χ2v) is 7.38. The second-order valence-electron chi connectivity index (χ2n) is 7.38. The van der Waals surface area contributed by atoms with Crippen LogP contribution in [-0.2, 0) is 16.0 Å². The summed E-state index contributed by atoms with van der Waals surface area (Å²) in [6, 6.07) is 19.9. The third kappa shape index (κ3) is 5.09. The van der Waals surface area contributed by atoms with E-state index in [4.69, 9.17) is 14.2 Å². The molecule has 3 rings (SSSR count). The second kappa shape index (κ2) is 10.5. The lowest BCUT2D eigenvalue weighted by Gasteiger charge is -2.14. The summed E-state index contributed by atoms with van der Waals surface area (Å²) in [5, 5.41) is 9.85. The van der Waals surface area contributed by atoms with E-state index in [1.165, 1.54) is 0 Å². The topological polar surface area (TPSA) is 68.6 Å². The summed E-state index contributed by atoms with van der Waals surface area (Å²) < 4.78 is 15.8. The smallest absolute Gasteiger partial charge is 0.306 e. The number of esters is 1. The van der Waals surface area contributed by atoms with Crippen molar-refractivity contribution in [3.63, 3.8) is 0 Å². The number of carbonyl (C=O) groups is 1. The van der Waals surface area contributed by atoms with Crippen LogP contribution in [0, 0.1) is 18.3 Å². The van der Waals surface area contributed by atoms with Gasteiger partial charge in [-0.15, -0.1) is 0 Å². The van der Waals surface area contributed by atoms with Crippen LogP contribution in [0.1, 0.15) is 30.0 Å². The van der Waals surface area contributed by atoms with Crippen molar-refractivity contribution in [1.29, 1.82) is 5.26 Å². The first kappa shape index (κ1) is 22.9. The van der Waals surface area contributed by atoms with Crippen LogP contribution in [0.25, 0.3) is 22.3 Å². The highest BCUT2D eigenvalue weighted by molar-refractivity contribution is 5.79. The molecule has 0 spiro atoms. The molecule has 0 aliphatic carbocycles. The van der Waals surface area contributed by atoms with Crippen molar-refractivity contribution in [2.24, 2.45) is 0 Å². The Hall–Kier alpha value is -3.78. The van der Waals surface area contributed by atoms with Crippen LogP contribution in [0.3, 0.4) is 0 Å². The Labute approximate surface area is 189 Å². The van der Waals surface area contributed by atoms with Gasteiger partial charge in [0.1, 0.15) is 11.5 Å². The quantitative estimate of drug-likeness (QED) is 0.429. The number of nitrogens with zero attached hydrogens (tertiary/aromatic N) is 1. The predicted molar refractivity (Wildman–Crippen MR) is 125 cm³/mol.